The van der Waals surface area contributed by atoms with Gasteiger partial charge in [0.1, 0.15) is 5.39 Å². The zero-order chi connectivity index (χ0) is 14.3. The van der Waals surface area contributed by atoms with Gasteiger partial charge in [-0.15, -0.1) is 0 Å². The minimum Gasteiger partial charge on any atom is -0.380 e. The third-order valence-electron chi connectivity index (χ3n) is 2.66. The van der Waals surface area contributed by atoms with Gasteiger partial charge in [0.15, 0.2) is 11.6 Å². The number of nitrogens with two attached hydrogens (primary N) is 1. The van der Waals surface area contributed by atoms with E-state index in [0.717, 1.165) is 5.56 Å². The number of rotatable bonds is 1. The third kappa shape index (κ3) is 2.28. The molecule has 2 N–H and O–H groups in total. The summed E-state index contributed by atoms with van der Waals surface area (Å²) in [5.74, 6) is 0.194. The summed E-state index contributed by atoms with van der Waals surface area (Å²) in [6, 6.07) is 9.32. The maximum atomic E-state index is 5.84. The minimum atomic E-state index is -1.76. The summed E-state index contributed by atoms with van der Waals surface area (Å²) in [6.45, 7) is 0. The molecule has 0 aliphatic heterocycles. The fourth-order valence-corrected chi connectivity index (χ4v) is 2.06. The van der Waals surface area contributed by atoms with Crippen molar-refractivity contribution in [1.29, 1.82) is 0 Å². The van der Waals surface area contributed by atoms with Gasteiger partial charge in [0.25, 0.3) is 5.71 Å². The normalized spacial score (nSPS) is 11.9. The quantitative estimate of drug-likeness (QED) is 0.689. The number of benzene rings is 1. The molecule has 0 saturated heterocycles. The van der Waals surface area contributed by atoms with Gasteiger partial charge in [-0.1, -0.05) is 70.3 Å². The van der Waals surface area contributed by atoms with Crippen LogP contribution in [0.15, 0.2) is 34.9 Å². The smallest absolute Gasteiger partial charge is 0.264 e. The molecule has 3 rings (SSSR count). The van der Waals surface area contributed by atoms with Crippen LogP contribution in [0.3, 0.4) is 0 Å². The van der Waals surface area contributed by atoms with Crippen molar-refractivity contribution in [2.45, 2.75) is 3.79 Å². The van der Waals surface area contributed by atoms with E-state index in [-0.39, 0.29) is 17.4 Å². The maximum Gasteiger partial charge on any atom is 0.264 e. The molecule has 3 aromatic rings. The predicted octanol–water partition coefficient (Wildman–Crippen LogP) is 3.69. The van der Waals surface area contributed by atoms with E-state index in [1.807, 2.05) is 30.3 Å². The van der Waals surface area contributed by atoms with E-state index in [2.05, 4.69) is 15.1 Å². The largest absolute Gasteiger partial charge is 0.380 e. The molecule has 5 nitrogen and oxygen atoms in total. The first-order valence-electron chi connectivity index (χ1n) is 5.52. The molecule has 0 spiro atoms. The van der Waals surface area contributed by atoms with Gasteiger partial charge >= 0.3 is 0 Å². The van der Waals surface area contributed by atoms with E-state index >= 15 is 0 Å². The van der Waals surface area contributed by atoms with Crippen LogP contribution in [-0.4, -0.2) is 15.1 Å². The topological polar surface area (TPSA) is 77.8 Å². The van der Waals surface area contributed by atoms with Crippen LogP contribution < -0.4 is 5.73 Å². The summed E-state index contributed by atoms with van der Waals surface area (Å²) in [5, 5.41) is 4.17. The molecule has 8 heteroatoms. The molecular weight excluding hydrogens is 323 g/mol. The average Bonchev–Trinajstić information content (AvgIpc) is 2.80. The fraction of sp³-hybridized carbons (Fsp3) is 0.0833. The van der Waals surface area contributed by atoms with Crippen LogP contribution in [0.4, 0.5) is 5.82 Å². The number of aromatic nitrogens is 3. The molecule has 0 radical (unpaired) electrons. The second-order valence-corrected chi connectivity index (χ2v) is 6.29. The zero-order valence-electron chi connectivity index (χ0n) is 9.85. The number of nitrogens with zero attached hydrogens (tertiary/aromatic N) is 3. The summed E-state index contributed by atoms with van der Waals surface area (Å²) in [4.78, 5) is 8.33. The summed E-state index contributed by atoms with van der Waals surface area (Å²) in [6.07, 6.45) is 0. The van der Waals surface area contributed by atoms with Crippen LogP contribution in [0.2, 0.25) is 0 Å². The van der Waals surface area contributed by atoms with Crippen molar-refractivity contribution in [3.8, 4) is 11.3 Å². The number of hydrogen-bond acceptors (Lipinski definition) is 5. The van der Waals surface area contributed by atoms with Crippen LogP contribution >= 0.6 is 34.8 Å². The van der Waals surface area contributed by atoms with E-state index in [1.54, 1.807) is 0 Å². The molecule has 20 heavy (non-hydrogen) atoms. The number of nitrogen functional groups attached to an aromatic ring is 1. The first-order chi connectivity index (χ1) is 9.47. The molecule has 102 valence electrons. The Kier molecular flexibility index (Phi) is 3.20. The van der Waals surface area contributed by atoms with Crippen LogP contribution in [-0.2, 0) is 3.79 Å². The first-order valence-corrected chi connectivity index (χ1v) is 6.65. The van der Waals surface area contributed by atoms with Crippen molar-refractivity contribution < 1.29 is 4.52 Å². The van der Waals surface area contributed by atoms with Crippen molar-refractivity contribution >= 4 is 51.7 Å². The number of fused-ring (bicyclic) bond motifs is 1. The average molecular weight is 330 g/mol. The Morgan fingerprint density at radius 3 is 2.40 bits per heavy atom. The lowest BCUT2D eigenvalue weighted by Gasteiger charge is -2.11. The highest BCUT2D eigenvalue weighted by atomic mass is 35.6. The molecule has 0 amide bonds. The lowest BCUT2D eigenvalue weighted by Crippen LogP contribution is -2.08. The molecule has 1 aromatic carbocycles. The third-order valence-corrected chi connectivity index (χ3v) is 3.17. The van der Waals surface area contributed by atoms with Gasteiger partial charge in [-0.3, -0.25) is 0 Å². The van der Waals surface area contributed by atoms with Gasteiger partial charge in [-0.2, -0.15) is 4.98 Å². The van der Waals surface area contributed by atoms with Crippen LogP contribution in [0.25, 0.3) is 22.4 Å². The van der Waals surface area contributed by atoms with Crippen molar-refractivity contribution in [3.63, 3.8) is 0 Å². The molecular formula is C12H7Cl3N4O. The van der Waals surface area contributed by atoms with E-state index in [4.69, 9.17) is 45.1 Å². The van der Waals surface area contributed by atoms with Gasteiger partial charge in [-0.25, -0.2) is 4.98 Å². The van der Waals surface area contributed by atoms with Crippen molar-refractivity contribution in [2.75, 3.05) is 5.73 Å². The van der Waals surface area contributed by atoms with E-state index < -0.39 is 3.79 Å². The number of alkyl halides is 3. The Labute approximate surface area is 128 Å². The Bertz CT molecular complexity index is 767. The number of hydrogen-bond donors (Lipinski definition) is 1. The molecule has 0 fully saturated rings. The van der Waals surface area contributed by atoms with Gasteiger partial charge in [-0.05, 0) is 0 Å². The Hall–Kier alpha value is -1.56. The highest BCUT2D eigenvalue weighted by Crippen LogP contribution is 2.39. The predicted molar refractivity (Wildman–Crippen MR) is 78.7 cm³/mol. The van der Waals surface area contributed by atoms with E-state index in [0.29, 0.717) is 11.1 Å². The summed E-state index contributed by atoms with van der Waals surface area (Å²) >= 11 is 17.5. The van der Waals surface area contributed by atoms with Crippen molar-refractivity contribution in [2.24, 2.45) is 0 Å². The van der Waals surface area contributed by atoms with Crippen molar-refractivity contribution in [3.05, 3.63) is 36.2 Å². The fourth-order valence-electron chi connectivity index (χ4n) is 1.81. The minimum absolute atomic E-state index is 0.00463. The molecule has 0 aliphatic carbocycles. The summed E-state index contributed by atoms with van der Waals surface area (Å²) in [7, 11) is 0. The highest BCUT2D eigenvalue weighted by molar-refractivity contribution is 6.66. The van der Waals surface area contributed by atoms with Crippen LogP contribution in [0.5, 0.6) is 0 Å². The van der Waals surface area contributed by atoms with Gasteiger partial charge in [0.2, 0.25) is 3.79 Å². The Morgan fingerprint density at radius 1 is 1.05 bits per heavy atom. The van der Waals surface area contributed by atoms with Gasteiger partial charge < -0.3 is 10.3 Å². The Morgan fingerprint density at radius 2 is 1.75 bits per heavy atom. The lowest BCUT2D eigenvalue weighted by molar-refractivity contribution is 0.451. The Balaban J connectivity index is 2.36. The second kappa shape index (κ2) is 4.77. The second-order valence-electron chi connectivity index (χ2n) is 4.01. The van der Waals surface area contributed by atoms with E-state index in [1.165, 1.54) is 0 Å². The summed E-state index contributed by atoms with van der Waals surface area (Å²) < 4.78 is 3.28. The SMILES string of the molecule is Nc1noc2nc(C(Cl)(Cl)Cl)nc(-c3ccccc3)c12. The lowest BCUT2D eigenvalue weighted by atomic mass is 10.1. The maximum absolute atomic E-state index is 5.84. The van der Waals surface area contributed by atoms with Gasteiger partial charge in [0.05, 0.1) is 5.69 Å². The molecule has 0 saturated carbocycles. The molecule has 0 unspecified atom stereocenters. The first kappa shape index (κ1) is 13.4. The molecule has 0 atom stereocenters. The molecule has 0 bridgehead atoms. The van der Waals surface area contributed by atoms with Gasteiger partial charge in [0, 0.05) is 5.56 Å². The molecule has 0 aliphatic rings. The standard InChI is InChI=1S/C12H7Cl3N4O/c13-12(14,15)11-17-8(6-4-2-1-3-5-6)7-9(16)19-20-10(7)18-11/h1-5H,(H2,16,19). The summed E-state index contributed by atoms with van der Waals surface area (Å²) in [5.41, 5.74) is 7.27. The van der Waals surface area contributed by atoms with Crippen LogP contribution in [0, 0.1) is 0 Å². The molecule has 2 heterocycles. The van der Waals surface area contributed by atoms with Crippen molar-refractivity contribution in [1.82, 2.24) is 15.1 Å². The monoisotopic (exact) mass is 328 g/mol. The highest BCUT2D eigenvalue weighted by Gasteiger charge is 2.30. The molecule has 2 aromatic heterocycles. The number of anilines is 1. The van der Waals surface area contributed by atoms with E-state index in [9.17, 15) is 0 Å². The zero-order valence-corrected chi connectivity index (χ0v) is 12.1. The van der Waals surface area contributed by atoms with Crippen LogP contribution in [0.1, 0.15) is 5.82 Å². The number of halogens is 3.